The van der Waals surface area contributed by atoms with Crippen molar-refractivity contribution in [3.8, 4) is 11.1 Å². The lowest BCUT2D eigenvalue weighted by molar-refractivity contribution is 0.166. The summed E-state index contributed by atoms with van der Waals surface area (Å²) in [6, 6.07) is 17.5. The molecule has 4 rings (SSSR count). The first-order valence-corrected chi connectivity index (χ1v) is 11.6. The third-order valence-corrected chi connectivity index (χ3v) is 7.61. The van der Waals surface area contributed by atoms with Crippen LogP contribution < -0.4 is 0 Å². The van der Waals surface area contributed by atoms with Crippen molar-refractivity contribution in [1.82, 2.24) is 0 Å². The van der Waals surface area contributed by atoms with E-state index in [1.165, 1.54) is 74.5 Å². The molecule has 2 fully saturated rings. The molecule has 28 heavy (non-hydrogen) atoms. The quantitative estimate of drug-likeness (QED) is 0.457. The average Bonchev–Trinajstić information content (AvgIpc) is 2.76. The van der Waals surface area contributed by atoms with Gasteiger partial charge in [-0.25, -0.2) is 0 Å². The zero-order valence-corrected chi connectivity index (χ0v) is 17.9. The molecule has 2 aliphatic rings. The molecule has 0 amide bonds. The third kappa shape index (κ3) is 4.23. The molecule has 0 aromatic heterocycles. The van der Waals surface area contributed by atoms with E-state index < -0.39 is 0 Å². The fourth-order valence-electron chi connectivity index (χ4n) is 5.74. The first kappa shape index (κ1) is 19.8. The van der Waals surface area contributed by atoms with Crippen LogP contribution >= 0.6 is 11.6 Å². The fraction of sp³-hybridized carbons (Fsp3) is 0.481. The highest BCUT2D eigenvalue weighted by Gasteiger charge is 2.37. The second kappa shape index (κ2) is 8.87. The molecule has 0 saturated heterocycles. The molecule has 0 unspecified atom stereocenters. The molecule has 0 bridgehead atoms. The van der Waals surface area contributed by atoms with Crippen LogP contribution in [0, 0.1) is 11.8 Å². The minimum atomic E-state index is 0.235. The number of halogens is 1. The molecular weight excluding hydrogens is 360 g/mol. The molecule has 0 heterocycles. The monoisotopic (exact) mass is 392 g/mol. The van der Waals surface area contributed by atoms with Crippen LogP contribution in [0.5, 0.6) is 0 Å². The Hall–Kier alpha value is -1.53. The van der Waals surface area contributed by atoms with Gasteiger partial charge in [0.05, 0.1) is 0 Å². The highest BCUT2D eigenvalue weighted by atomic mass is 35.5. The summed E-state index contributed by atoms with van der Waals surface area (Å²) in [5, 5.41) is 0.794. The fourth-order valence-corrected chi connectivity index (χ4v) is 5.87. The minimum absolute atomic E-state index is 0.235. The lowest BCUT2D eigenvalue weighted by Gasteiger charge is -2.42. The summed E-state index contributed by atoms with van der Waals surface area (Å²) in [4.78, 5) is 0. The van der Waals surface area contributed by atoms with Gasteiger partial charge in [-0.15, -0.1) is 0 Å². The molecule has 2 aromatic rings. The first-order valence-electron chi connectivity index (χ1n) is 11.2. The second-order valence-electron chi connectivity index (χ2n) is 8.98. The molecule has 2 saturated carbocycles. The van der Waals surface area contributed by atoms with Crippen molar-refractivity contribution in [3.63, 3.8) is 0 Å². The molecule has 148 valence electrons. The average molecular weight is 393 g/mol. The number of allylic oxidation sites excluding steroid dienone is 2. The Bertz CT molecular complexity index is 770. The van der Waals surface area contributed by atoms with Crippen LogP contribution in [0.1, 0.15) is 70.3 Å². The summed E-state index contributed by atoms with van der Waals surface area (Å²) < 4.78 is 0. The van der Waals surface area contributed by atoms with Crippen LogP contribution in [-0.4, -0.2) is 0 Å². The van der Waals surface area contributed by atoms with E-state index >= 15 is 0 Å². The highest BCUT2D eigenvalue weighted by Crippen LogP contribution is 2.47. The summed E-state index contributed by atoms with van der Waals surface area (Å²) >= 11 is 6.04. The predicted octanol–water partition coefficient (Wildman–Crippen LogP) is 8.59. The molecule has 0 N–H and O–H groups in total. The Morgan fingerprint density at radius 2 is 1.29 bits per heavy atom. The summed E-state index contributed by atoms with van der Waals surface area (Å²) in [7, 11) is 0. The van der Waals surface area contributed by atoms with E-state index in [0.717, 1.165) is 16.9 Å². The number of hydrogen-bond donors (Lipinski definition) is 0. The molecule has 0 atom stereocenters. The van der Waals surface area contributed by atoms with E-state index in [4.69, 9.17) is 11.6 Å². The van der Waals surface area contributed by atoms with Crippen LogP contribution in [0.15, 0.2) is 60.7 Å². The topological polar surface area (TPSA) is 0 Å². The van der Waals surface area contributed by atoms with Gasteiger partial charge < -0.3 is 0 Å². The van der Waals surface area contributed by atoms with Gasteiger partial charge in [0.25, 0.3) is 0 Å². The Balaban J connectivity index is 1.51. The summed E-state index contributed by atoms with van der Waals surface area (Å²) in [5.41, 5.74) is 4.23. The van der Waals surface area contributed by atoms with Crippen molar-refractivity contribution in [2.75, 3.05) is 0 Å². The van der Waals surface area contributed by atoms with Crippen LogP contribution in [0.4, 0.5) is 0 Å². The van der Waals surface area contributed by atoms with Gasteiger partial charge in [0, 0.05) is 10.4 Å². The van der Waals surface area contributed by atoms with Gasteiger partial charge in [-0.2, -0.15) is 0 Å². The van der Waals surface area contributed by atoms with Gasteiger partial charge in [-0.1, -0.05) is 92.3 Å². The molecule has 2 aliphatic carbocycles. The lowest BCUT2D eigenvalue weighted by atomic mass is 9.62. The zero-order chi connectivity index (χ0) is 19.4. The van der Waals surface area contributed by atoms with Gasteiger partial charge in [0.1, 0.15) is 0 Å². The van der Waals surface area contributed by atoms with Crippen molar-refractivity contribution in [2.24, 2.45) is 11.8 Å². The van der Waals surface area contributed by atoms with Gasteiger partial charge in [-0.3, -0.25) is 0 Å². The lowest BCUT2D eigenvalue weighted by Crippen LogP contribution is -2.33. The van der Waals surface area contributed by atoms with Crippen molar-refractivity contribution >= 4 is 11.6 Å². The largest absolute Gasteiger partial charge is 0.0908 e. The SMILES string of the molecule is C/C=C/[C@]1(c2ccc(-c3ccc(Cl)cc3)cc2)CC[C@H](C2CCCCC2)CC1. The summed E-state index contributed by atoms with van der Waals surface area (Å²) in [6.45, 7) is 2.18. The molecular formula is C27H33Cl. The van der Waals surface area contributed by atoms with E-state index in [0.29, 0.717) is 0 Å². The molecule has 1 heteroatoms. The zero-order valence-electron chi connectivity index (χ0n) is 17.2. The van der Waals surface area contributed by atoms with Crippen LogP contribution in [-0.2, 0) is 5.41 Å². The maximum atomic E-state index is 6.04. The van der Waals surface area contributed by atoms with Gasteiger partial charge in [0.2, 0.25) is 0 Å². The smallest absolute Gasteiger partial charge is 0.0406 e. The molecule has 0 spiro atoms. The van der Waals surface area contributed by atoms with Crippen molar-refractivity contribution in [2.45, 2.75) is 70.1 Å². The van der Waals surface area contributed by atoms with Crippen LogP contribution in [0.2, 0.25) is 5.02 Å². The Labute approximate surface area is 176 Å². The Morgan fingerprint density at radius 1 is 0.750 bits per heavy atom. The Morgan fingerprint density at radius 3 is 1.86 bits per heavy atom. The van der Waals surface area contributed by atoms with Crippen molar-refractivity contribution in [1.29, 1.82) is 0 Å². The van der Waals surface area contributed by atoms with E-state index in [2.05, 4.69) is 55.5 Å². The van der Waals surface area contributed by atoms with E-state index in [1.54, 1.807) is 0 Å². The maximum absolute atomic E-state index is 6.04. The summed E-state index contributed by atoms with van der Waals surface area (Å²) in [5.74, 6) is 1.97. The minimum Gasteiger partial charge on any atom is -0.0908 e. The van der Waals surface area contributed by atoms with Crippen LogP contribution in [0.3, 0.4) is 0 Å². The van der Waals surface area contributed by atoms with Crippen molar-refractivity contribution in [3.05, 3.63) is 71.3 Å². The highest BCUT2D eigenvalue weighted by molar-refractivity contribution is 6.30. The molecule has 0 nitrogen and oxygen atoms in total. The van der Waals surface area contributed by atoms with Gasteiger partial charge in [0.15, 0.2) is 0 Å². The molecule has 0 aliphatic heterocycles. The number of benzene rings is 2. The standard InChI is InChI=1S/C27H33Cl/c1-2-18-27(19-16-24(17-20-27)21-6-4-3-5-7-21)25-12-8-22(9-13-25)23-10-14-26(28)15-11-23/h2,8-15,18,21,24H,3-7,16-17,19-20H2,1H3/b18-2+/t24-,27-. The molecule has 2 aromatic carbocycles. The van der Waals surface area contributed by atoms with E-state index in [-0.39, 0.29) is 5.41 Å². The predicted molar refractivity (Wildman–Crippen MR) is 122 cm³/mol. The van der Waals surface area contributed by atoms with E-state index in [9.17, 15) is 0 Å². The first-order chi connectivity index (χ1) is 13.7. The maximum Gasteiger partial charge on any atom is 0.0406 e. The Kier molecular flexibility index (Phi) is 6.26. The molecule has 0 radical (unpaired) electrons. The summed E-state index contributed by atoms with van der Waals surface area (Å²) in [6.07, 6.45) is 17.5. The van der Waals surface area contributed by atoms with Gasteiger partial charge in [-0.05, 0) is 73.3 Å². The third-order valence-electron chi connectivity index (χ3n) is 7.36. The van der Waals surface area contributed by atoms with Crippen molar-refractivity contribution < 1.29 is 0 Å². The van der Waals surface area contributed by atoms with Gasteiger partial charge >= 0.3 is 0 Å². The number of hydrogen-bond acceptors (Lipinski definition) is 0. The number of rotatable bonds is 4. The van der Waals surface area contributed by atoms with Crippen LogP contribution in [0.25, 0.3) is 11.1 Å². The van der Waals surface area contributed by atoms with E-state index in [1.807, 2.05) is 12.1 Å². The second-order valence-corrected chi connectivity index (χ2v) is 9.41. The normalized spacial score (nSPS) is 26.6.